The van der Waals surface area contributed by atoms with Crippen LogP contribution in [0.4, 0.5) is 0 Å². The average molecular weight is 318 g/mol. The third-order valence-electron chi connectivity index (χ3n) is 4.34. The van der Waals surface area contributed by atoms with Gasteiger partial charge in [0.2, 0.25) is 15.9 Å². The second kappa shape index (κ2) is 6.31. The maximum absolute atomic E-state index is 12.4. The Labute approximate surface area is 124 Å². The van der Waals surface area contributed by atoms with E-state index in [-0.39, 0.29) is 5.91 Å². The van der Waals surface area contributed by atoms with E-state index in [0.717, 1.165) is 25.5 Å². The molecule has 1 saturated heterocycles. The molecule has 0 bridgehead atoms. The van der Waals surface area contributed by atoms with Crippen molar-refractivity contribution in [2.24, 2.45) is 5.92 Å². The van der Waals surface area contributed by atoms with Crippen LogP contribution in [0, 0.1) is 5.92 Å². The molecule has 1 amide bonds. The molecule has 1 heterocycles. The molecule has 2 N–H and O–H groups in total. The molecule has 120 valence electrons. The monoisotopic (exact) mass is 318 g/mol. The zero-order valence-electron chi connectivity index (χ0n) is 12.1. The number of amides is 1. The third kappa shape index (κ3) is 3.74. The van der Waals surface area contributed by atoms with Gasteiger partial charge in [0.1, 0.15) is 6.04 Å². The molecule has 7 nitrogen and oxygen atoms in total. The summed E-state index contributed by atoms with van der Waals surface area (Å²) in [5, 5.41) is 11.9. The summed E-state index contributed by atoms with van der Waals surface area (Å²) in [5.41, 5.74) is 0. The van der Waals surface area contributed by atoms with Gasteiger partial charge in [-0.3, -0.25) is 9.59 Å². The molecule has 1 saturated carbocycles. The molecule has 21 heavy (non-hydrogen) atoms. The summed E-state index contributed by atoms with van der Waals surface area (Å²) >= 11 is 0. The van der Waals surface area contributed by atoms with Crippen LogP contribution >= 0.6 is 0 Å². The highest BCUT2D eigenvalue weighted by Crippen LogP contribution is 2.27. The van der Waals surface area contributed by atoms with Crippen LogP contribution in [0.15, 0.2) is 0 Å². The van der Waals surface area contributed by atoms with E-state index in [1.165, 1.54) is 4.31 Å². The van der Waals surface area contributed by atoms with Gasteiger partial charge in [0.15, 0.2) is 0 Å². The van der Waals surface area contributed by atoms with E-state index < -0.39 is 34.0 Å². The Morgan fingerprint density at radius 3 is 2.48 bits per heavy atom. The van der Waals surface area contributed by atoms with Gasteiger partial charge in [0.05, 0.1) is 12.2 Å². The molecule has 2 rings (SSSR count). The van der Waals surface area contributed by atoms with Crippen molar-refractivity contribution in [2.45, 2.75) is 50.6 Å². The predicted octanol–water partition coefficient (Wildman–Crippen LogP) is 0.170. The van der Waals surface area contributed by atoms with Crippen molar-refractivity contribution in [1.82, 2.24) is 9.62 Å². The maximum atomic E-state index is 12.4. The number of piperidine rings is 1. The Kier molecular flexibility index (Phi) is 4.88. The lowest BCUT2D eigenvalue weighted by Crippen LogP contribution is -2.54. The lowest BCUT2D eigenvalue weighted by Gasteiger charge is -2.33. The minimum Gasteiger partial charge on any atom is -0.481 e. The van der Waals surface area contributed by atoms with Crippen LogP contribution in [0.3, 0.4) is 0 Å². The highest BCUT2D eigenvalue weighted by atomic mass is 32.2. The fourth-order valence-electron chi connectivity index (χ4n) is 3.27. The Morgan fingerprint density at radius 2 is 1.86 bits per heavy atom. The van der Waals surface area contributed by atoms with Crippen LogP contribution in [-0.4, -0.2) is 54.6 Å². The number of carbonyl (C=O) groups is 2. The molecule has 0 spiro atoms. The van der Waals surface area contributed by atoms with Crippen molar-refractivity contribution in [1.29, 1.82) is 0 Å². The van der Waals surface area contributed by atoms with E-state index in [1.54, 1.807) is 0 Å². The number of hydrogen-bond acceptors (Lipinski definition) is 4. The number of rotatable bonds is 4. The second-order valence-corrected chi connectivity index (χ2v) is 7.81. The minimum atomic E-state index is -3.43. The zero-order chi connectivity index (χ0) is 15.6. The molecule has 1 aliphatic heterocycles. The lowest BCUT2D eigenvalue weighted by atomic mass is 10.0. The number of aliphatic carboxylic acids is 1. The van der Waals surface area contributed by atoms with E-state index in [4.69, 9.17) is 5.11 Å². The van der Waals surface area contributed by atoms with Gasteiger partial charge in [-0.15, -0.1) is 0 Å². The van der Waals surface area contributed by atoms with Gasteiger partial charge in [-0.05, 0) is 25.7 Å². The Bertz CT molecular complexity index is 519. The van der Waals surface area contributed by atoms with Gasteiger partial charge in [-0.1, -0.05) is 12.8 Å². The average Bonchev–Trinajstić information content (AvgIpc) is 2.86. The molecule has 3 atom stereocenters. The number of carboxylic acid groups (broad SMARTS) is 1. The summed E-state index contributed by atoms with van der Waals surface area (Å²) in [6, 6.07) is -1.10. The highest BCUT2D eigenvalue weighted by molar-refractivity contribution is 7.88. The Balaban J connectivity index is 2.06. The topological polar surface area (TPSA) is 104 Å². The number of carbonyl (C=O) groups excluding carboxylic acids is 1. The summed E-state index contributed by atoms with van der Waals surface area (Å²) in [4.78, 5) is 23.5. The van der Waals surface area contributed by atoms with E-state index >= 15 is 0 Å². The van der Waals surface area contributed by atoms with Crippen LogP contribution in [0.1, 0.15) is 38.5 Å². The SMILES string of the molecule is CS(=O)(=O)N1CCCCC1C(=O)NC1CCCC1C(=O)O. The summed E-state index contributed by atoms with van der Waals surface area (Å²) in [6.45, 7) is 0.351. The Hall–Kier alpha value is -1.15. The van der Waals surface area contributed by atoms with Crippen molar-refractivity contribution >= 4 is 21.9 Å². The fourth-order valence-corrected chi connectivity index (χ4v) is 4.40. The molecule has 8 heteroatoms. The third-order valence-corrected chi connectivity index (χ3v) is 5.63. The minimum absolute atomic E-state index is 0.351. The van der Waals surface area contributed by atoms with Crippen LogP contribution in [-0.2, 0) is 19.6 Å². The molecule has 0 radical (unpaired) electrons. The quantitative estimate of drug-likeness (QED) is 0.769. The molecule has 2 aliphatic rings. The lowest BCUT2D eigenvalue weighted by molar-refractivity contribution is -0.142. The standard InChI is InChI=1S/C13H22N2O5S/c1-21(19,20)15-8-3-2-7-11(15)12(16)14-10-6-4-5-9(10)13(17)18/h9-11H,2-8H2,1H3,(H,14,16)(H,17,18). The van der Waals surface area contributed by atoms with E-state index in [1.807, 2.05) is 0 Å². The molecule has 0 aromatic heterocycles. The number of nitrogens with one attached hydrogen (secondary N) is 1. The molecule has 0 aromatic rings. The van der Waals surface area contributed by atoms with Gasteiger partial charge in [-0.25, -0.2) is 8.42 Å². The fraction of sp³-hybridized carbons (Fsp3) is 0.846. The van der Waals surface area contributed by atoms with Crippen LogP contribution in [0.2, 0.25) is 0 Å². The molecule has 0 aromatic carbocycles. The largest absolute Gasteiger partial charge is 0.481 e. The van der Waals surface area contributed by atoms with Crippen LogP contribution < -0.4 is 5.32 Å². The number of sulfonamides is 1. The molecule has 1 aliphatic carbocycles. The number of nitrogens with zero attached hydrogens (tertiary/aromatic N) is 1. The summed E-state index contributed by atoms with van der Waals surface area (Å²) in [7, 11) is -3.43. The summed E-state index contributed by atoms with van der Waals surface area (Å²) < 4.78 is 24.8. The van der Waals surface area contributed by atoms with Crippen LogP contribution in [0.5, 0.6) is 0 Å². The predicted molar refractivity (Wildman–Crippen MR) is 76.1 cm³/mol. The smallest absolute Gasteiger partial charge is 0.308 e. The van der Waals surface area contributed by atoms with Gasteiger partial charge in [-0.2, -0.15) is 4.31 Å². The molecular formula is C13H22N2O5S. The van der Waals surface area contributed by atoms with Crippen molar-refractivity contribution in [2.75, 3.05) is 12.8 Å². The molecule has 3 unspecified atom stereocenters. The first-order valence-corrected chi connectivity index (χ1v) is 9.15. The summed E-state index contributed by atoms with van der Waals surface area (Å²) in [5.74, 6) is -1.83. The van der Waals surface area contributed by atoms with Gasteiger partial charge in [0.25, 0.3) is 0 Å². The number of carboxylic acids is 1. The zero-order valence-corrected chi connectivity index (χ0v) is 12.9. The van der Waals surface area contributed by atoms with Crippen LogP contribution in [0.25, 0.3) is 0 Å². The first-order chi connectivity index (χ1) is 9.80. The van der Waals surface area contributed by atoms with Crippen molar-refractivity contribution < 1.29 is 23.1 Å². The van der Waals surface area contributed by atoms with Crippen molar-refractivity contribution in [3.63, 3.8) is 0 Å². The first-order valence-electron chi connectivity index (χ1n) is 7.30. The highest BCUT2D eigenvalue weighted by Gasteiger charge is 2.38. The van der Waals surface area contributed by atoms with Gasteiger partial charge >= 0.3 is 5.97 Å². The van der Waals surface area contributed by atoms with Gasteiger partial charge < -0.3 is 10.4 Å². The van der Waals surface area contributed by atoms with E-state index in [9.17, 15) is 18.0 Å². The summed E-state index contributed by atoms with van der Waals surface area (Å²) in [6.07, 6.45) is 5.10. The first kappa shape index (κ1) is 16.2. The van der Waals surface area contributed by atoms with Gasteiger partial charge in [0, 0.05) is 12.6 Å². The van der Waals surface area contributed by atoms with E-state index in [2.05, 4.69) is 5.32 Å². The molecule has 2 fully saturated rings. The van der Waals surface area contributed by atoms with Crippen molar-refractivity contribution in [3.8, 4) is 0 Å². The van der Waals surface area contributed by atoms with Crippen molar-refractivity contribution in [3.05, 3.63) is 0 Å². The second-order valence-electron chi connectivity index (χ2n) is 5.88. The maximum Gasteiger partial charge on any atom is 0.308 e. The van der Waals surface area contributed by atoms with E-state index in [0.29, 0.717) is 25.8 Å². The molecular weight excluding hydrogens is 296 g/mol. The Morgan fingerprint density at radius 1 is 1.14 bits per heavy atom. The number of hydrogen-bond donors (Lipinski definition) is 2. The normalized spacial score (nSPS) is 31.0.